The molecule has 0 saturated carbocycles. The van der Waals surface area contributed by atoms with E-state index in [0.717, 1.165) is 11.3 Å². The van der Waals surface area contributed by atoms with Crippen molar-refractivity contribution in [1.82, 2.24) is 15.0 Å². The highest BCUT2D eigenvalue weighted by Gasteiger charge is 2.08. The number of benzene rings is 2. The molecule has 3 aromatic rings. The van der Waals surface area contributed by atoms with Crippen LogP contribution in [0, 0.1) is 6.92 Å². The number of nitrogens with two attached hydrogens (primary N) is 1. The fourth-order valence-electron chi connectivity index (χ4n) is 2.05. The molecule has 0 bridgehead atoms. The van der Waals surface area contributed by atoms with Crippen molar-refractivity contribution in [2.24, 2.45) is 0 Å². The van der Waals surface area contributed by atoms with E-state index in [9.17, 15) is 0 Å². The van der Waals surface area contributed by atoms with E-state index < -0.39 is 0 Å². The molecule has 0 aliphatic carbocycles. The first-order valence-corrected chi connectivity index (χ1v) is 8.17. The van der Waals surface area contributed by atoms with Gasteiger partial charge in [0.15, 0.2) is 5.82 Å². The Labute approximate surface area is 155 Å². The van der Waals surface area contributed by atoms with E-state index in [1.54, 1.807) is 18.2 Å². The summed E-state index contributed by atoms with van der Waals surface area (Å²) in [4.78, 5) is 12.5. The summed E-state index contributed by atoms with van der Waals surface area (Å²) in [5.41, 5.74) is 7.76. The molecule has 6 nitrogen and oxygen atoms in total. The molecule has 0 unspecified atom stereocenters. The van der Waals surface area contributed by atoms with Gasteiger partial charge >= 0.3 is 0 Å². The predicted molar refractivity (Wildman–Crippen MR) is 99.5 cm³/mol. The number of nitrogens with zero attached hydrogens (tertiary/aromatic N) is 3. The lowest BCUT2D eigenvalue weighted by Crippen LogP contribution is -2.09. The molecule has 0 radical (unpaired) electrons. The van der Waals surface area contributed by atoms with Gasteiger partial charge in [-0.1, -0.05) is 40.9 Å². The summed E-state index contributed by atoms with van der Waals surface area (Å²) >= 11 is 12.0. The van der Waals surface area contributed by atoms with Gasteiger partial charge in [-0.15, -0.1) is 0 Å². The molecule has 25 heavy (non-hydrogen) atoms. The summed E-state index contributed by atoms with van der Waals surface area (Å²) in [5, 5.41) is 4.06. The van der Waals surface area contributed by atoms with Gasteiger partial charge in [0, 0.05) is 16.8 Å². The maximum atomic E-state index is 6.07. The molecule has 0 atom stereocenters. The molecule has 8 heteroatoms. The average Bonchev–Trinajstić information content (AvgIpc) is 2.57. The van der Waals surface area contributed by atoms with Crippen LogP contribution >= 0.6 is 23.2 Å². The Kier molecular flexibility index (Phi) is 5.21. The van der Waals surface area contributed by atoms with Crippen molar-refractivity contribution in [3.8, 4) is 5.75 Å². The van der Waals surface area contributed by atoms with Crippen molar-refractivity contribution in [3.63, 3.8) is 0 Å². The van der Waals surface area contributed by atoms with Crippen molar-refractivity contribution < 1.29 is 4.74 Å². The Morgan fingerprint density at radius 3 is 2.56 bits per heavy atom. The van der Waals surface area contributed by atoms with E-state index in [2.05, 4.69) is 20.3 Å². The van der Waals surface area contributed by atoms with Crippen molar-refractivity contribution in [1.29, 1.82) is 0 Å². The van der Waals surface area contributed by atoms with Crippen LogP contribution in [0.25, 0.3) is 0 Å². The summed E-state index contributed by atoms with van der Waals surface area (Å²) in [5.74, 6) is 1.26. The van der Waals surface area contributed by atoms with Gasteiger partial charge in [-0.25, -0.2) is 0 Å². The fourth-order valence-corrected chi connectivity index (χ4v) is 2.39. The second kappa shape index (κ2) is 7.55. The van der Waals surface area contributed by atoms with E-state index in [4.69, 9.17) is 33.7 Å². The second-order valence-electron chi connectivity index (χ2n) is 5.29. The number of aromatic nitrogens is 3. The Bertz CT molecular complexity index is 887. The number of rotatable bonds is 5. The van der Waals surface area contributed by atoms with Crippen molar-refractivity contribution in [3.05, 3.63) is 63.9 Å². The van der Waals surface area contributed by atoms with Gasteiger partial charge < -0.3 is 15.8 Å². The molecule has 0 aliphatic heterocycles. The van der Waals surface area contributed by atoms with Crippen molar-refractivity contribution in [2.75, 3.05) is 11.1 Å². The van der Waals surface area contributed by atoms with Gasteiger partial charge in [-0.05, 0) is 31.2 Å². The maximum absolute atomic E-state index is 6.07. The molecule has 3 rings (SSSR count). The number of hydrogen-bond donors (Lipinski definition) is 2. The molecule has 0 aliphatic rings. The summed E-state index contributed by atoms with van der Waals surface area (Å²) in [6.07, 6.45) is 0. The normalized spacial score (nSPS) is 10.5. The summed E-state index contributed by atoms with van der Waals surface area (Å²) in [6, 6.07) is 12.8. The lowest BCUT2D eigenvalue weighted by molar-refractivity contribution is 0.296. The predicted octanol–water partition coefficient (Wildman–Crippen LogP) is 4.39. The highest BCUT2D eigenvalue weighted by atomic mass is 35.5. The molecular formula is C17H15Cl2N5O. The third-order valence-electron chi connectivity index (χ3n) is 3.26. The lowest BCUT2D eigenvalue weighted by Gasteiger charge is -2.10. The minimum Gasteiger partial charge on any atom is -0.484 e. The number of nitrogen functional groups attached to an aromatic ring is 1. The minimum atomic E-state index is 0.0787. The molecule has 1 aromatic heterocycles. The Morgan fingerprint density at radius 1 is 1.04 bits per heavy atom. The van der Waals surface area contributed by atoms with Crippen LogP contribution in [0.5, 0.6) is 5.75 Å². The topological polar surface area (TPSA) is 86.0 Å². The van der Waals surface area contributed by atoms with Crippen LogP contribution < -0.4 is 15.8 Å². The van der Waals surface area contributed by atoms with Gasteiger partial charge in [0.2, 0.25) is 11.9 Å². The molecule has 1 heterocycles. The number of nitrogens with one attached hydrogen (secondary N) is 1. The molecule has 0 amide bonds. The van der Waals surface area contributed by atoms with Crippen LogP contribution in [0.3, 0.4) is 0 Å². The van der Waals surface area contributed by atoms with E-state index in [1.165, 1.54) is 0 Å². The smallest absolute Gasteiger partial charge is 0.232 e. The molecule has 0 spiro atoms. The van der Waals surface area contributed by atoms with Crippen LogP contribution in [0.15, 0.2) is 42.5 Å². The van der Waals surface area contributed by atoms with E-state index >= 15 is 0 Å². The van der Waals surface area contributed by atoms with E-state index in [1.807, 2.05) is 31.2 Å². The molecule has 3 N–H and O–H groups in total. The quantitative estimate of drug-likeness (QED) is 0.687. The average molecular weight is 376 g/mol. The highest BCUT2D eigenvalue weighted by molar-refractivity contribution is 6.34. The zero-order chi connectivity index (χ0) is 17.8. The SMILES string of the molecule is Cc1ccc(Nc2nc(N)nc(COc3cc(Cl)ccc3Cl)n2)cc1. The van der Waals surface area contributed by atoms with Gasteiger partial charge in [-0.2, -0.15) is 15.0 Å². The Balaban J connectivity index is 1.75. The maximum Gasteiger partial charge on any atom is 0.232 e. The molecule has 0 fully saturated rings. The fraction of sp³-hybridized carbons (Fsp3) is 0.118. The summed E-state index contributed by atoms with van der Waals surface area (Å²) in [6.45, 7) is 2.09. The molecule has 0 saturated heterocycles. The zero-order valence-electron chi connectivity index (χ0n) is 13.3. The van der Waals surface area contributed by atoms with E-state index in [-0.39, 0.29) is 12.6 Å². The standard InChI is InChI=1S/C17H15Cl2N5O/c1-10-2-5-12(6-3-10)21-17-23-15(22-16(20)24-17)9-25-14-8-11(18)4-7-13(14)19/h2-8H,9H2,1H3,(H3,20,21,22,23,24). The number of ether oxygens (including phenoxy) is 1. The third kappa shape index (κ3) is 4.71. The Hall–Kier alpha value is -2.57. The second-order valence-corrected chi connectivity index (χ2v) is 6.13. The summed E-state index contributed by atoms with van der Waals surface area (Å²) in [7, 11) is 0. The van der Waals surface area contributed by atoms with Crippen LogP contribution in [0.1, 0.15) is 11.4 Å². The van der Waals surface area contributed by atoms with E-state index in [0.29, 0.717) is 27.6 Å². The van der Waals surface area contributed by atoms with Crippen LogP contribution in [0.4, 0.5) is 17.6 Å². The lowest BCUT2D eigenvalue weighted by atomic mass is 10.2. The van der Waals surface area contributed by atoms with Crippen LogP contribution in [-0.4, -0.2) is 15.0 Å². The first-order valence-electron chi connectivity index (χ1n) is 7.41. The van der Waals surface area contributed by atoms with Crippen molar-refractivity contribution in [2.45, 2.75) is 13.5 Å². The molecular weight excluding hydrogens is 361 g/mol. The Morgan fingerprint density at radius 2 is 1.80 bits per heavy atom. The number of hydrogen-bond acceptors (Lipinski definition) is 6. The van der Waals surface area contributed by atoms with Crippen molar-refractivity contribution >= 4 is 40.8 Å². The zero-order valence-corrected chi connectivity index (χ0v) is 14.8. The highest BCUT2D eigenvalue weighted by Crippen LogP contribution is 2.28. The largest absolute Gasteiger partial charge is 0.484 e. The number of anilines is 3. The van der Waals surface area contributed by atoms with Gasteiger partial charge in [0.25, 0.3) is 0 Å². The number of aryl methyl sites for hydroxylation is 1. The third-order valence-corrected chi connectivity index (χ3v) is 3.80. The van der Waals surface area contributed by atoms with Gasteiger partial charge in [0.1, 0.15) is 12.4 Å². The van der Waals surface area contributed by atoms with Gasteiger partial charge in [-0.3, -0.25) is 0 Å². The van der Waals surface area contributed by atoms with Gasteiger partial charge in [0.05, 0.1) is 5.02 Å². The molecule has 128 valence electrons. The summed E-state index contributed by atoms with van der Waals surface area (Å²) < 4.78 is 5.63. The van der Waals surface area contributed by atoms with Crippen LogP contribution in [0.2, 0.25) is 10.0 Å². The first kappa shape index (κ1) is 17.3. The van der Waals surface area contributed by atoms with Crippen LogP contribution in [-0.2, 0) is 6.61 Å². The molecule has 2 aromatic carbocycles. The minimum absolute atomic E-state index is 0.0787. The first-order chi connectivity index (χ1) is 12.0. The monoisotopic (exact) mass is 375 g/mol. The number of halogens is 2.